The molecule has 2 atom stereocenters. The predicted octanol–water partition coefficient (Wildman–Crippen LogP) is 3.50. The third kappa shape index (κ3) is 2.70. The molecule has 4 N–H and O–H groups in total. The summed E-state index contributed by atoms with van der Waals surface area (Å²) in [6, 6.07) is 9.96. The lowest BCUT2D eigenvalue weighted by Crippen LogP contribution is -1.92. The number of benzene rings is 1. The molecule has 0 radical (unpaired) electrons. The first-order valence-electron chi connectivity index (χ1n) is 5.58. The lowest BCUT2D eigenvalue weighted by Gasteiger charge is -2.08. The quantitative estimate of drug-likeness (QED) is 0.591. The van der Waals surface area contributed by atoms with Gasteiger partial charge in [-0.25, -0.2) is 0 Å². The summed E-state index contributed by atoms with van der Waals surface area (Å²) in [5.74, 6) is 0.670. The number of nitrogens with zero attached hydrogens (tertiary/aromatic N) is 2. The van der Waals surface area contributed by atoms with Gasteiger partial charge in [-0.3, -0.25) is 13.6 Å². The summed E-state index contributed by atoms with van der Waals surface area (Å²) in [6.07, 6.45) is 0. The summed E-state index contributed by atoms with van der Waals surface area (Å²) in [5, 5.41) is 19.3. The molecule has 0 aliphatic carbocycles. The number of H-pyrrole nitrogens is 2. The van der Waals surface area contributed by atoms with Crippen molar-refractivity contribution < 1.29 is 14.7 Å². The number of rotatable bonds is 3. The maximum Gasteiger partial charge on any atom is 0.238 e. The van der Waals surface area contributed by atoms with Crippen LogP contribution in [0.5, 0.6) is 17.5 Å². The molecule has 2 heterocycles. The summed E-state index contributed by atoms with van der Waals surface area (Å²) in [4.78, 5) is 0. The van der Waals surface area contributed by atoms with E-state index in [4.69, 9.17) is 4.52 Å². The fourth-order valence-electron chi connectivity index (χ4n) is 1.67. The molecule has 2 aromatic heterocycles. The monoisotopic (exact) mass is 328 g/mol. The van der Waals surface area contributed by atoms with E-state index in [1.807, 2.05) is 0 Å². The molecule has 1 aromatic carbocycles. The van der Waals surface area contributed by atoms with Crippen molar-refractivity contribution >= 4 is 25.1 Å². The van der Waals surface area contributed by atoms with Gasteiger partial charge in [-0.2, -0.15) is 4.51 Å². The van der Waals surface area contributed by atoms with Crippen molar-refractivity contribution in [2.75, 3.05) is 0 Å². The fraction of sp³-hybridized carbons (Fsp3) is 0. The second-order valence-corrected chi connectivity index (χ2v) is 7.48. The standard InChI is InChI=1S/C10H11N4O3P3/c15-9-5-6-10(16)14(9)7-1-3-8(4-2-7)17-20-12-18-11-19-13-20/h1-6,12,15-16,18H,(H,11,13). The summed E-state index contributed by atoms with van der Waals surface area (Å²) in [6.45, 7) is 0. The van der Waals surface area contributed by atoms with Crippen LogP contribution in [0.25, 0.3) is 5.69 Å². The first-order chi connectivity index (χ1) is 9.74. The molecule has 20 heavy (non-hydrogen) atoms. The van der Waals surface area contributed by atoms with Crippen LogP contribution in [0.15, 0.2) is 36.4 Å². The predicted molar refractivity (Wildman–Crippen MR) is 80.4 cm³/mol. The van der Waals surface area contributed by atoms with E-state index in [-0.39, 0.29) is 11.8 Å². The number of hydrogen-bond donors (Lipinski definition) is 4. The SMILES string of the molecule is Oc1ccc(O)n1-c1ccc(Op2[nH]pn[pH][nH]2)cc1. The maximum atomic E-state index is 9.66. The number of aromatic hydroxyl groups is 2. The summed E-state index contributed by atoms with van der Waals surface area (Å²) in [5.41, 5.74) is 0.657. The summed E-state index contributed by atoms with van der Waals surface area (Å²) in [7, 11) is 0.256. The van der Waals surface area contributed by atoms with Gasteiger partial charge in [0.1, 0.15) is 14.3 Å². The molecule has 0 saturated heterocycles. The molecule has 0 spiro atoms. The second kappa shape index (κ2) is 5.68. The largest absolute Gasteiger partial charge is 0.494 e. The van der Waals surface area contributed by atoms with Crippen LogP contribution in [-0.4, -0.2) is 28.3 Å². The molecular weight excluding hydrogens is 317 g/mol. The van der Waals surface area contributed by atoms with Crippen LogP contribution in [0.1, 0.15) is 0 Å². The van der Waals surface area contributed by atoms with Crippen LogP contribution >= 0.6 is 25.1 Å². The van der Waals surface area contributed by atoms with Crippen LogP contribution < -0.4 is 4.52 Å². The Morgan fingerprint density at radius 2 is 1.85 bits per heavy atom. The highest BCUT2D eigenvalue weighted by Crippen LogP contribution is 2.30. The van der Waals surface area contributed by atoms with Crippen LogP contribution in [-0.2, 0) is 0 Å². The fourth-order valence-corrected chi connectivity index (χ4v) is 5.04. The van der Waals surface area contributed by atoms with Crippen LogP contribution in [0, 0.1) is 0 Å². The zero-order valence-electron chi connectivity index (χ0n) is 10.1. The molecular formula is C10H11N4O3P3. The molecule has 3 aromatic rings. The van der Waals surface area contributed by atoms with Crippen molar-refractivity contribution in [1.82, 2.24) is 18.1 Å². The van der Waals surface area contributed by atoms with E-state index < -0.39 is 8.08 Å². The minimum Gasteiger partial charge on any atom is -0.494 e. The van der Waals surface area contributed by atoms with Crippen LogP contribution in [0.2, 0.25) is 0 Å². The zero-order valence-corrected chi connectivity index (χ0v) is 12.8. The van der Waals surface area contributed by atoms with E-state index in [9.17, 15) is 10.2 Å². The van der Waals surface area contributed by atoms with Crippen LogP contribution in [0.3, 0.4) is 0 Å². The Balaban J connectivity index is 1.85. The minimum atomic E-state index is -0.914. The van der Waals surface area contributed by atoms with Crippen molar-refractivity contribution in [3.63, 3.8) is 0 Å². The molecule has 0 aliphatic heterocycles. The second-order valence-electron chi connectivity index (χ2n) is 3.79. The highest BCUT2D eigenvalue weighted by atomic mass is 31.2. The van der Waals surface area contributed by atoms with Gasteiger partial charge in [0.15, 0.2) is 11.8 Å². The highest BCUT2D eigenvalue weighted by Gasteiger charge is 2.08. The van der Waals surface area contributed by atoms with Gasteiger partial charge in [0, 0.05) is 20.6 Å². The van der Waals surface area contributed by atoms with Crippen molar-refractivity contribution in [3.8, 4) is 23.2 Å². The van der Waals surface area contributed by atoms with Crippen molar-refractivity contribution in [3.05, 3.63) is 36.4 Å². The molecule has 0 saturated carbocycles. The lowest BCUT2D eigenvalue weighted by molar-refractivity contribution is 0.402. The Kier molecular flexibility index (Phi) is 3.75. The third-order valence-corrected chi connectivity index (χ3v) is 6.01. The van der Waals surface area contributed by atoms with E-state index in [1.165, 1.54) is 16.7 Å². The third-order valence-electron chi connectivity index (χ3n) is 2.52. The van der Waals surface area contributed by atoms with Gasteiger partial charge in [0.25, 0.3) is 0 Å². The number of aromatic nitrogens is 4. The van der Waals surface area contributed by atoms with Gasteiger partial charge in [0.2, 0.25) is 8.08 Å². The molecule has 0 bridgehead atoms. The molecule has 7 nitrogen and oxygen atoms in total. The number of hydrogen-bond acceptors (Lipinski definition) is 4. The van der Waals surface area contributed by atoms with Gasteiger partial charge in [0.05, 0.1) is 5.69 Å². The van der Waals surface area contributed by atoms with Gasteiger partial charge in [-0.1, -0.05) is 0 Å². The van der Waals surface area contributed by atoms with Gasteiger partial charge in [-0.15, -0.1) is 0 Å². The van der Waals surface area contributed by atoms with E-state index in [0.717, 1.165) is 8.51 Å². The molecule has 10 heteroatoms. The Morgan fingerprint density at radius 3 is 2.45 bits per heavy atom. The minimum absolute atomic E-state index is 0.0160. The topological polar surface area (TPSA) is 99.1 Å². The molecule has 3 rings (SSSR count). The smallest absolute Gasteiger partial charge is 0.238 e. The zero-order chi connectivity index (χ0) is 13.9. The molecule has 0 fully saturated rings. The van der Waals surface area contributed by atoms with Gasteiger partial charge < -0.3 is 14.7 Å². The first kappa shape index (κ1) is 13.2. The molecule has 2 unspecified atom stereocenters. The Bertz CT molecular complexity index is 701. The summed E-state index contributed by atoms with van der Waals surface area (Å²) >= 11 is 0. The highest BCUT2D eigenvalue weighted by molar-refractivity contribution is 7.50. The van der Waals surface area contributed by atoms with Gasteiger partial charge in [-0.05, 0) is 24.3 Å². The lowest BCUT2D eigenvalue weighted by atomic mass is 10.3. The Hall–Kier alpha value is -1.80. The van der Waals surface area contributed by atoms with E-state index in [0.29, 0.717) is 19.9 Å². The maximum absolute atomic E-state index is 9.66. The average Bonchev–Trinajstić information content (AvgIpc) is 2.81. The van der Waals surface area contributed by atoms with E-state index >= 15 is 0 Å². The van der Waals surface area contributed by atoms with E-state index in [2.05, 4.69) is 13.5 Å². The molecule has 104 valence electrons. The normalized spacial score (nSPS) is 12.1. The number of aromatic amines is 2. The van der Waals surface area contributed by atoms with Gasteiger partial charge >= 0.3 is 0 Å². The summed E-state index contributed by atoms with van der Waals surface area (Å²) < 4.78 is 17.4. The Morgan fingerprint density at radius 1 is 1.15 bits per heavy atom. The average molecular weight is 328 g/mol. The molecule has 0 amide bonds. The van der Waals surface area contributed by atoms with Crippen molar-refractivity contribution in [2.45, 2.75) is 0 Å². The first-order valence-corrected chi connectivity index (χ1v) is 8.64. The van der Waals surface area contributed by atoms with E-state index in [1.54, 1.807) is 24.3 Å². The molecule has 0 aliphatic rings. The van der Waals surface area contributed by atoms with Crippen molar-refractivity contribution in [1.29, 1.82) is 0 Å². The van der Waals surface area contributed by atoms with Crippen LogP contribution in [0.4, 0.5) is 0 Å². The number of nitrogens with one attached hydrogen (secondary N) is 2. The Labute approximate surface area is 118 Å². The van der Waals surface area contributed by atoms with Crippen molar-refractivity contribution in [2.24, 2.45) is 0 Å².